The summed E-state index contributed by atoms with van der Waals surface area (Å²) in [5, 5.41) is 8.58. The van der Waals surface area contributed by atoms with E-state index in [1.54, 1.807) is 6.20 Å². The molecule has 0 saturated heterocycles. The third-order valence-corrected chi connectivity index (χ3v) is 2.89. The SMILES string of the molecule is O=C(O)CCc1ncc(Br)n1C1CC1. The van der Waals surface area contributed by atoms with Gasteiger partial charge in [0.2, 0.25) is 0 Å². The summed E-state index contributed by atoms with van der Waals surface area (Å²) in [4.78, 5) is 14.6. The van der Waals surface area contributed by atoms with Crippen molar-refractivity contribution in [3.63, 3.8) is 0 Å². The van der Waals surface area contributed by atoms with Crippen molar-refractivity contribution in [1.29, 1.82) is 0 Å². The number of imidazole rings is 1. The molecule has 0 unspecified atom stereocenters. The van der Waals surface area contributed by atoms with E-state index in [2.05, 4.69) is 25.5 Å². The zero-order chi connectivity index (χ0) is 10.1. The summed E-state index contributed by atoms with van der Waals surface area (Å²) < 4.78 is 3.06. The second kappa shape index (κ2) is 3.73. The van der Waals surface area contributed by atoms with Crippen LogP contribution in [0.15, 0.2) is 10.8 Å². The minimum absolute atomic E-state index is 0.149. The molecule has 1 aliphatic carbocycles. The van der Waals surface area contributed by atoms with Gasteiger partial charge in [0.05, 0.1) is 12.6 Å². The Morgan fingerprint density at radius 3 is 3.00 bits per heavy atom. The fourth-order valence-electron chi connectivity index (χ4n) is 1.50. The fourth-order valence-corrected chi connectivity index (χ4v) is 2.09. The Kier molecular flexibility index (Phi) is 2.58. The topological polar surface area (TPSA) is 55.1 Å². The number of carbonyl (C=O) groups is 1. The molecule has 0 aliphatic heterocycles. The van der Waals surface area contributed by atoms with E-state index in [4.69, 9.17) is 5.11 Å². The highest BCUT2D eigenvalue weighted by Crippen LogP contribution is 2.38. The first-order valence-corrected chi connectivity index (χ1v) is 5.41. The quantitative estimate of drug-likeness (QED) is 0.899. The van der Waals surface area contributed by atoms with Gasteiger partial charge >= 0.3 is 5.97 Å². The average molecular weight is 259 g/mol. The summed E-state index contributed by atoms with van der Waals surface area (Å²) in [5.74, 6) is 0.105. The molecular weight excluding hydrogens is 248 g/mol. The van der Waals surface area contributed by atoms with Gasteiger partial charge in [0.25, 0.3) is 0 Å². The lowest BCUT2D eigenvalue weighted by Gasteiger charge is -2.05. The number of aryl methyl sites for hydroxylation is 1. The van der Waals surface area contributed by atoms with Crippen LogP contribution in [0.25, 0.3) is 0 Å². The Balaban J connectivity index is 2.12. The molecule has 2 rings (SSSR count). The van der Waals surface area contributed by atoms with Gasteiger partial charge in [-0.1, -0.05) is 0 Å². The largest absolute Gasteiger partial charge is 0.481 e. The zero-order valence-corrected chi connectivity index (χ0v) is 9.20. The zero-order valence-electron chi connectivity index (χ0n) is 7.61. The predicted molar refractivity (Wildman–Crippen MR) is 54.2 cm³/mol. The first kappa shape index (κ1) is 9.71. The lowest BCUT2D eigenvalue weighted by atomic mass is 10.3. The maximum absolute atomic E-state index is 10.4. The molecule has 0 bridgehead atoms. The molecule has 1 fully saturated rings. The summed E-state index contributed by atoms with van der Waals surface area (Å²) >= 11 is 3.42. The van der Waals surface area contributed by atoms with E-state index in [9.17, 15) is 4.79 Å². The van der Waals surface area contributed by atoms with E-state index < -0.39 is 5.97 Å². The number of hydrogen-bond acceptors (Lipinski definition) is 2. The van der Waals surface area contributed by atoms with Gasteiger partial charge in [-0.25, -0.2) is 4.98 Å². The van der Waals surface area contributed by atoms with Crippen molar-refractivity contribution < 1.29 is 9.90 Å². The van der Waals surface area contributed by atoms with Crippen LogP contribution >= 0.6 is 15.9 Å². The van der Waals surface area contributed by atoms with Crippen molar-refractivity contribution >= 4 is 21.9 Å². The molecule has 0 amide bonds. The van der Waals surface area contributed by atoms with Crippen LogP contribution in [-0.2, 0) is 11.2 Å². The van der Waals surface area contributed by atoms with Crippen LogP contribution in [0.4, 0.5) is 0 Å². The predicted octanol–water partition coefficient (Wildman–Crippen LogP) is 2.00. The Morgan fingerprint density at radius 2 is 2.43 bits per heavy atom. The van der Waals surface area contributed by atoms with Crippen LogP contribution in [0.5, 0.6) is 0 Å². The van der Waals surface area contributed by atoms with Crippen molar-refractivity contribution in [3.8, 4) is 0 Å². The molecule has 0 spiro atoms. The lowest BCUT2D eigenvalue weighted by molar-refractivity contribution is -0.137. The van der Waals surface area contributed by atoms with Gasteiger partial charge in [0.15, 0.2) is 0 Å². The molecule has 0 radical (unpaired) electrons. The van der Waals surface area contributed by atoms with Gasteiger partial charge in [-0.05, 0) is 28.8 Å². The number of aliphatic carboxylic acids is 1. The van der Waals surface area contributed by atoms with Gasteiger partial charge < -0.3 is 9.67 Å². The molecule has 5 heteroatoms. The van der Waals surface area contributed by atoms with Crippen molar-refractivity contribution in [2.24, 2.45) is 0 Å². The van der Waals surface area contributed by atoms with Crippen LogP contribution in [0.1, 0.15) is 31.1 Å². The molecule has 14 heavy (non-hydrogen) atoms. The molecule has 1 N–H and O–H groups in total. The van der Waals surface area contributed by atoms with Gasteiger partial charge in [-0.15, -0.1) is 0 Å². The Hall–Kier alpha value is -0.840. The van der Waals surface area contributed by atoms with E-state index in [1.807, 2.05) is 0 Å². The third-order valence-electron chi connectivity index (χ3n) is 2.30. The number of rotatable bonds is 4. The van der Waals surface area contributed by atoms with Gasteiger partial charge in [-0.2, -0.15) is 0 Å². The summed E-state index contributed by atoms with van der Waals surface area (Å²) in [6.07, 6.45) is 4.76. The Bertz CT molecular complexity index is 358. The van der Waals surface area contributed by atoms with E-state index in [0.29, 0.717) is 12.5 Å². The van der Waals surface area contributed by atoms with Crippen LogP contribution in [0, 0.1) is 0 Å². The molecule has 0 aromatic carbocycles. The maximum Gasteiger partial charge on any atom is 0.303 e. The molecule has 76 valence electrons. The molecule has 1 heterocycles. The molecule has 0 atom stereocenters. The number of carboxylic acid groups (broad SMARTS) is 1. The lowest BCUT2D eigenvalue weighted by Crippen LogP contribution is -2.05. The third kappa shape index (κ3) is 1.97. The minimum atomic E-state index is -0.772. The summed E-state index contributed by atoms with van der Waals surface area (Å²) in [6, 6.07) is 0.538. The van der Waals surface area contributed by atoms with Crippen LogP contribution in [0.3, 0.4) is 0 Å². The first-order valence-electron chi connectivity index (χ1n) is 4.62. The summed E-state index contributed by atoms with van der Waals surface area (Å²) in [5.41, 5.74) is 0. The number of nitrogens with zero attached hydrogens (tertiary/aromatic N) is 2. The van der Waals surface area contributed by atoms with E-state index in [1.165, 1.54) is 12.8 Å². The smallest absolute Gasteiger partial charge is 0.303 e. The molecule has 1 aromatic heterocycles. The standard InChI is InChI=1S/C9H11BrN2O2/c10-7-5-11-8(3-4-9(13)14)12(7)6-1-2-6/h5-6H,1-4H2,(H,13,14). The van der Waals surface area contributed by atoms with E-state index in [-0.39, 0.29) is 6.42 Å². The number of carboxylic acids is 1. The average Bonchev–Trinajstić information content (AvgIpc) is 2.88. The van der Waals surface area contributed by atoms with Crippen molar-refractivity contribution in [3.05, 3.63) is 16.6 Å². The second-order valence-corrected chi connectivity index (χ2v) is 4.30. The summed E-state index contributed by atoms with van der Waals surface area (Å²) in [7, 11) is 0. The molecular formula is C9H11BrN2O2. The van der Waals surface area contributed by atoms with Crippen LogP contribution < -0.4 is 0 Å². The highest BCUT2D eigenvalue weighted by Gasteiger charge is 2.27. The Labute approximate surface area is 90.1 Å². The van der Waals surface area contributed by atoms with Gasteiger partial charge in [-0.3, -0.25) is 4.79 Å². The van der Waals surface area contributed by atoms with Crippen LogP contribution in [-0.4, -0.2) is 20.6 Å². The first-order chi connectivity index (χ1) is 6.68. The van der Waals surface area contributed by atoms with Crippen molar-refractivity contribution in [1.82, 2.24) is 9.55 Å². The highest BCUT2D eigenvalue weighted by atomic mass is 79.9. The second-order valence-electron chi connectivity index (χ2n) is 3.49. The summed E-state index contributed by atoms with van der Waals surface area (Å²) in [6.45, 7) is 0. The number of aromatic nitrogens is 2. The molecule has 4 nitrogen and oxygen atoms in total. The maximum atomic E-state index is 10.4. The Morgan fingerprint density at radius 1 is 1.71 bits per heavy atom. The van der Waals surface area contributed by atoms with E-state index in [0.717, 1.165) is 10.4 Å². The number of halogens is 1. The molecule has 1 saturated carbocycles. The fraction of sp³-hybridized carbons (Fsp3) is 0.556. The van der Waals surface area contributed by atoms with Crippen molar-refractivity contribution in [2.75, 3.05) is 0 Å². The van der Waals surface area contributed by atoms with E-state index >= 15 is 0 Å². The van der Waals surface area contributed by atoms with Crippen LogP contribution in [0.2, 0.25) is 0 Å². The monoisotopic (exact) mass is 258 g/mol. The normalized spacial score (nSPS) is 15.8. The number of hydrogen-bond donors (Lipinski definition) is 1. The van der Waals surface area contributed by atoms with Crippen molar-refractivity contribution in [2.45, 2.75) is 31.7 Å². The highest BCUT2D eigenvalue weighted by molar-refractivity contribution is 9.10. The minimum Gasteiger partial charge on any atom is -0.481 e. The van der Waals surface area contributed by atoms with Gasteiger partial charge in [0, 0.05) is 12.5 Å². The molecule has 1 aliphatic rings. The molecule has 1 aromatic rings. The van der Waals surface area contributed by atoms with Gasteiger partial charge in [0.1, 0.15) is 10.4 Å².